The van der Waals surface area contributed by atoms with Crippen molar-refractivity contribution in [1.29, 1.82) is 0 Å². The summed E-state index contributed by atoms with van der Waals surface area (Å²) in [6.45, 7) is -0.0000922. The van der Waals surface area contributed by atoms with E-state index in [1.54, 1.807) is 0 Å². The number of hydrogen-bond donors (Lipinski definition) is 2. The topological polar surface area (TPSA) is 102 Å². The van der Waals surface area contributed by atoms with Crippen molar-refractivity contribution in [3.63, 3.8) is 0 Å². The van der Waals surface area contributed by atoms with Crippen molar-refractivity contribution in [2.75, 3.05) is 13.2 Å². The van der Waals surface area contributed by atoms with Gasteiger partial charge in [0.1, 0.15) is 18.2 Å². The van der Waals surface area contributed by atoms with E-state index in [1.807, 2.05) is 4.72 Å². The van der Waals surface area contributed by atoms with Crippen molar-refractivity contribution < 1.29 is 31.5 Å². The minimum Gasteiger partial charge on any atom is -0.455 e. The maximum atomic E-state index is 13.7. The average molecular weight is 481 g/mol. The summed E-state index contributed by atoms with van der Waals surface area (Å²) < 4.78 is 57.6. The molecule has 0 radical (unpaired) electrons. The van der Waals surface area contributed by atoms with Crippen molar-refractivity contribution >= 4 is 45.1 Å². The molecule has 2 N–H and O–H groups in total. The molecule has 0 aliphatic carbocycles. The summed E-state index contributed by atoms with van der Waals surface area (Å²) in [6.07, 6.45) is 0. The highest BCUT2D eigenvalue weighted by Crippen LogP contribution is 2.24. The number of ether oxygens (including phenoxy) is 1. The van der Waals surface area contributed by atoms with E-state index in [2.05, 4.69) is 10.1 Å². The van der Waals surface area contributed by atoms with Crippen LogP contribution >= 0.6 is 23.2 Å². The Kier molecular flexibility index (Phi) is 8.13. The molecule has 0 aliphatic rings. The summed E-state index contributed by atoms with van der Waals surface area (Å²) in [4.78, 5) is 23.4. The van der Waals surface area contributed by atoms with E-state index < -0.39 is 52.7 Å². The second-order valence-corrected chi connectivity index (χ2v) is 8.60. The van der Waals surface area contributed by atoms with E-state index in [0.29, 0.717) is 6.07 Å². The summed E-state index contributed by atoms with van der Waals surface area (Å²) in [5.41, 5.74) is 0.0467. The highest BCUT2D eigenvalue weighted by molar-refractivity contribution is 7.89. The molecule has 2 aromatic rings. The first-order chi connectivity index (χ1) is 14.0. The molecule has 0 aromatic heterocycles. The van der Waals surface area contributed by atoms with Crippen LogP contribution in [0.15, 0.2) is 41.3 Å². The maximum absolute atomic E-state index is 13.7. The van der Waals surface area contributed by atoms with E-state index in [0.717, 1.165) is 12.1 Å². The number of hydrogen-bond acceptors (Lipinski definition) is 5. The molecule has 0 heterocycles. The average Bonchev–Trinajstić information content (AvgIpc) is 2.66. The van der Waals surface area contributed by atoms with E-state index in [4.69, 9.17) is 23.2 Å². The molecule has 7 nitrogen and oxygen atoms in total. The van der Waals surface area contributed by atoms with Crippen molar-refractivity contribution in [2.45, 2.75) is 17.9 Å². The zero-order valence-electron chi connectivity index (χ0n) is 15.4. The Morgan fingerprint density at radius 1 is 1.10 bits per heavy atom. The van der Waals surface area contributed by atoms with Gasteiger partial charge >= 0.3 is 5.97 Å². The Morgan fingerprint density at radius 3 is 2.43 bits per heavy atom. The molecular formula is C18H16Cl2F2N2O5S. The Morgan fingerprint density at radius 2 is 1.80 bits per heavy atom. The zero-order valence-corrected chi connectivity index (χ0v) is 17.7. The second kappa shape index (κ2) is 10.2. The van der Waals surface area contributed by atoms with Crippen LogP contribution in [-0.4, -0.2) is 33.4 Å². The molecule has 12 heteroatoms. The van der Waals surface area contributed by atoms with Crippen LogP contribution in [0, 0.1) is 11.6 Å². The third-order valence-corrected chi connectivity index (χ3v) is 5.92. The van der Waals surface area contributed by atoms with E-state index in [9.17, 15) is 26.8 Å². The molecule has 0 aliphatic heterocycles. The minimum atomic E-state index is -4.06. The van der Waals surface area contributed by atoms with Crippen molar-refractivity contribution in [3.8, 4) is 0 Å². The molecule has 0 saturated carbocycles. The fourth-order valence-electron chi connectivity index (χ4n) is 2.29. The molecule has 2 rings (SSSR count). The standard InChI is InChI=1S/C18H16Cl2F2N2O5S/c1-10(13-4-2-11(21)6-16(13)22)24-17(25)9-29-18(26)8-23-30(27,28)12-3-5-14(19)15(20)7-12/h2-7,10,23H,8-9H2,1H3,(H,24,25). The van der Waals surface area contributed by atoms with Gasteiger partial charge in [0.25, 0.3) is 5.91 Å². The Labute approximate surface area is 181 Å². The number of carbonyl (C=O) groups excluding carboxylic acids is 2. The third kappa shape index (κ3) is 6.63. The first-order valence-corrected chi connectivity index (χ1v) is 10.6. The molecule has 0 fully saturated rings. The van der Waals surface area contributed by atoms with Crippen LogP contribution in [0.2, 0.25) is 10.0 Å². The lowest BCUT2D eigenvalue weighted by Crippen LogP contribution is -2.35. The quantitative estimate of drug-likeness (QED) is 0.565. The maximum Gasteiger partial charge on any atom is 0.321 e. The van der Waals surface area contributed by atoms with Gasteiger partial charge in [-0.25, -0.2) is 17.2 Å². The Balaban J connectivity index is 1.83. The monoisotopic (exact) mass is 480 g/mol. The van der Waals surface area contributed by atoms with Crippen LogP contribution in [0.5, 0.6) is 0 Å². The molecule has 1 amide bonds. The number of carbonyl (C=O) groups is 2. The molecule has 30 heavy (non-hydrogen) atoms. The second-order valence-electron chi connectivity index (χ2n) is 6.02. The molecule has 0 spiro atoms. The van der Waals surface area contributed by atoms with Crippen molar-refractivity contribution in [2.24, 2.45) is 0 Å². The summed E-state index contributed by atoms with van der Waals surface area (Å²) in [5, 5.41) is 2.56. The summed E-state index contributed by atoms with van der Waals surface area (Å²) in [6, 6.07) is 5.68. The van der Waals surface area contributed by atoms with Gasteiger partial charge in [-0.3, -0.25) is 9.59 Å². The SMILES string of the molecule is CC(NC(=O)COC(=O)CNS(=O)(=O)c1ccc(Cl)c(Cl)c1)c1ccc(F)cc1F. The number of rotatable bonds is 8. The van der Waals surface area contributed by atoms with Crippen LogP contribution in [0.4, 0.5) is 8.78 Å². The molecule has 2 aromatic carbocycles. The summed E-state index contributed by atoms with van der Waals surface area (Å²) in [5.74, 6) is -3.37. The van der Waals surface area contributed by atoms with Gasteiger partial charge in [-0.2, -0.15) is 4.72 Å². The molecule has 162 valence electrons. The summed E-state index contributed by atoms with van der Waals surface area (Å²) >= 11 is 11.5. The third-order valence-electron chi connectivity index (χ3n) is 3.78. The smallest absolute Gasteiger partial charge is 0.321 e. The molecule has 1 atom stereocenters. The lowest BCUT2D eigenvalue weighted by molar-refractivity contribution is -0.147. The number of halogens is 4. The fourth-order valence-corrected chi connectivity index (χ4v) is 3.65. The van der Waals surface area contributed by atoms with Crippen molar-refractivity contribution in [1.82, 2.24) is 10.0 Å². The van der Waals surface area contributed by atoms with Crippen LogP contribution < -0.4 is 10.0 Å². The fraction of sp³-hybridized carbons (Fsp3) is 0.222. The lowest BCUT2D eigenvalue weighted by Gasteiger charge is -2.15. The van der Waals surface area contributed by atoms with Gasteiger partial charge in [0.05, 0.1) is 21.0 Å². The lowest BCUT2D eigenvalue weighted by atomic mass is 10.1. The molecule has 1 unspecified atom stereocenters. The highest BCUT2D eigenvalue weighted by atomic mass is 35.5. The number of amides is 1. The van der Waals surface area contributed by atoms with Gasteiger partial charge < -0.3 is 10.1 Å². The van der Waals surface area contributed by atoms with Crippen LogP contribution in [0.1, 0.15) is 18.5 Å². The minimum absolute atomic E-state index is 0.0190. The number of esters is 1. The van der Waals surface area contributed by atoms with E-state index in [1.165, 1.54) is 25.1 Å². The zero-order chi connectivity index (χ0) is 22.5. The number of nitrogens with one attached hydrogen (secondary N) is 2. The predicted molar refractivity (Wildman–Crippen MR) is 106 cm³/mol. The normalized spacial score (nSPS) is 12.3. The predicted octanol–water partition coefficient (Wildman–Crippen LogP) is 2.97. The first-order valence-electron chi connectivity index (χ1n) is 8.34. The number of benzene rings is 2. The Hall–Kier alpha value is -2.27. The van der Waals surface area contributed by atoms with Gasteiger partial charge in [-0.05, 0) is 31.2 Å². The van der Waals surface area contributed by atoms with Gasteiger partial charge in [0.2, 0.25) is 10.0 Å². The van der Waals surface area contributed by atoms with Gasteiger partial charge in [0.15, 0.2) is 6.61 Å². The first kappa shape index (κ1) is 24.0. The summed E-state index contributed by atoms with van der Waals surface area (Å²) in [7, 11) is -4.06. The van der Waals surface area contributed by atoms with Gasteiger partial charge in [-0.15, -0.1) is 0 Å². The van der Waals surface area contributed by atoms with E-state index >= 15 is 0 Å². The largest absolute Gasteiger partial charge is 0.455 e. The van der Waals surface area contributed by atoms with Crippen molar-refractivity contribution in [3.05, 3.63) is 63.6 Å². The van der Waals surface area contributed by atoms with Gasteiger partial charge in [-0.1, -0.05) is 29.3 Å². The molecular weight excluding hydrogens is 465 g/mol. The van der Waals surface area contributed by atoms with E-state index in [-0.39, 0.29) is 20.5 Å². The van der Waals surface area contributed by atoms with Crippen LogP contribution in [-0.2, 0) is 24.3 Å². The molecule has 0 bridgehead atoms. The van der Waals surface area contributed by atoms with Gasteiger partial charge in [0, 0.05) is 11.6 Å². The van der Waals surface area contributed by atoms with Crippen LogP contribution in [0.25, 0.3) is 0 Å². The Bertz CT molecular complexity index is 1070. The molecule has 0 saturated heterocycles. The van der Waals surface area contributed by atoms with Crippen LogP contribution in [0.3, 0.4) is 0 Å². The number of sulfonamides is 1. The highest BCUT2D eigenvalue weighted by Gasteiger charge is 2.19.